The van der Waals surface area contributed by atoms with E-state index in [-0.39, 0.29) is 23.5 Å². The zero-order valence-electron chi connectivity index (χ0n) is 31.0. The number of esters is 1. The van der Waals surface area contributed by atoms with Gasteiger partial charge in [-0.05, 0) is 96.1 Å². The first kappa shape index (κ1) is 35.8. The van der Waals surface area contributed by atoms with Crippen LogP contribution in [0.3, 0.4) is 0 Å². The summed E-state index contributed by atoms with van der Waals surface area (Å²) in [5.74, 6) is 0.664. The predicted octanol–water partition coefficient (Wildman–Crippen LogP) is 9.05. The second kappa shape index (κ2) is 13.9. The molecule has 278 valence electrons. The second-order valence-corrected chi connectivity index (χ2v) is 14.0. The molecule has 10 heteroatoms. The highest BCUT2D eigenvalue weighted by molar-refractivity contribution is 6.21. The Bertz CT molecular complexity index is 2480. The topological polar surface area (TPSA) is 112 Å². The van der Waals surface area contributed by atoms with E-state index in [0.717, 1.165) is 11.1 Å². The first-order valence-corrected chi connectivity index (χ1v) is 17.9. The lowest BCUT2D eigenvalue weighted by molar-refractivity contribution is -0.131. The zero-order chi connectivity index (χ0) is 39.2. The van der Waals surface area contributed by atoms with Gasteiger partial charge in [0.15, 0.2) is 5.66 Å². The number of hydrogen-bond acceptors (Lipinski definition) is 8. The van der Waals surface area contributed by atoms with Crippen LogP contribution in [0.15, 0.2) is 146 Å². The van der Waals surface area contributed by atoms with Crippen LogP contribution < -0.4 is 28.7 Å². The average molecular weight is 745 g/mol. The molecule has 0 aromatic heterocycles. The van der Waals surface area contributed by atoms with Crippen LogP contribution >= 0.6 is 0 Å². The molecule has 56 heavy (non-hydrogen) atoms. The number of amides is 2. The van der Waals surface area contributed by atoms with Crippen LogP contribution in [-0.4, -0.2) is 31.0 Å². The molecule has 1 atom stereocenters. The molecule has 2 aliphatic rings. The maximum atomic E-state index is 14.5. The summed E-state index contributed by atoms with van der Waals surface area (Å²) in [5.41, 5.74) is 3.55. The number of rotatable bonds is 8. The van der Waals surface area contributed by atoms with Crippen molar-refractivity contribution in [1.29, 1.82) is 0 Å². The van der Waals surface area contributed by atoms with Gasteiger partial charge in [-0.3, -0.25) is 24.2 Å². The number of carbonyl (C=O) groups is 4. The average Bonchev–Trinajstić information content (AvgIpc) is 3.62. The summed E-state index contributed by atoms with van der Waals surface area (Å²) in [5, 5.41) is 0. The van der Waals surface area contributed by atoms with Gasteiger partial charge in [0.2, 0.25) is 0 Å². The standard InChI is InChI=1S/C46H36N2O8/c1-29(49)54-35-21-13-30(14-22-35)45(2,3)31-15-23-36(24-16-31)55-44(52)56-37-27-19-33(20-28-37)48-43(51)39-10-6-8-12-41(39)46(48)40-11-7-5-9-38(40)42(50)47(46)32-17-25-34(53-4)26-18-32/h5-28H,1-4H3. The van der Waals surface area contributed by atoms with E-state index in [1.807, 2.05) is 54.6 Å². The number of hydrogen-bond donors (Lipinski definition) is 0. The summed E-state index contributed by atoms with van der Waals surface area (Å²) in [6, 6.07) is 42.8. The van der Waals surface area contributed by atoms with Crippen molar-refractivity contribution in [3.05, 3.63) is 179 Å². The van der Waals surface area contributed by atoms with Crippen molar-refractivity contribution in [3.8, 4) is 23.0 Å². The van der Waals surface area contributed by atoms with Crippen molar-refractivity contribution in [2.75, 3.05) is 16.9 Å². The Balaban J connectivity index is 1.05. The fraction of sp³-hybridized carbons (Fsp3) is 0.130. The molecular formula is C46H36N2O8. The lowest BCUT2D eigenvalue weighted by Gasteiger charge is -2.43. The van der Waals surface area contributed by atoms with Crippen LogP contribution in [0, 0.1) is 0 Å². The number of benzene rings is 6. The van der Waals surface area contributed by atoms with Gasteiger partial charge in [-0.25, -0.2) is 4.79 Å². The molecule has 0 saturated heterocycles. The summed E-state index contributed by atoms with van der Waals surface area (Å²) in [7, 11) is 1.57. The maximum absolute atomic E-state index is 14.5. The van der Waals surface area contributed by atoms with E-state index in [2.05, 4.69) is 13.8 Å². The fourth-order valence-corrected chi connectivity index (χ4v) is 7.64. The Labute approximate surface area is 323 Å². The van der Waals surface area contributed by atoms with Gasteiger partial charge in [0.25, 0.3) is 11.8 Å². The Kier molecular flexibility index (Phi) is 8.89. The Hall–Kier alpha value is -7.20. The smallest absolute Gasteiger partial charge is 0.497 e. The second-order valence-electron chi connectivity index (χ2n) is 14.0. The van der Waals surface area contributed by atoms with Crippen LogP contribution in [0.2, 0.25) is 0 Å². The largest absolute Gasteiger partial charge is 0.519 e. The molecule has 6 aromatic rings. The number of carbonyl (C=O) groups excluding carboxylic acids is 4. The molecule has 0 N–H and O–H groups in total. The van der Waals surface area contributed by atoms with Gasteiger partial charge in [0, 0.05) is 46.0 Å². The fourth-order valence-electron chi connectivity index (χ4n) is 7.64. The van der Waals surface area contributed by atoms with Crippen molar-refractivity contribution in [3.63, 3.8) is 0 Å². The van der Waals surface area contributed by atoms with Crippen LogP contribution in [0.4, 0.5) is 16.2 Å². The van der Waals surface area contributed by atoms with E-state index in [4.69, 9.17) is 18.9 Å². The summed E-state index contributed by atoms with van der Waals surface area (Å²) in [6.45, 7) is 5.49. The number of methoxy groups -OCH3 is 1. The molecule has 0 aliphatic carbocycles. The molecule has 0 saturated carbocycles. The number of ether oxygens (including phenoxy) is 4. The lowest BCUT2D eigenvalue weighted by atomic mass is 9.78. The first-order valence-electron chi connectivity index (χ1n) is 17.9. The van der Waals surface area contributed by atoms with Crippen LogP contribution in [0.1, 0.15) is 63.7 Å². The highest BCUT2D eigenvalue weighted by Crippen LogP contribution is 2.55. The van der Waals surface area contributed by atoms with E-state index in [1.54, 1.807) is 108 Å². The van der Waals surface area contributed by atoms with Gasteiger partial charge in [-0.2, -0.15) is 0 Å². The van der Waals surface area contributed by atoms with Crippen molar-refractivity contribution in [2.24, 2.45) is 0 Å². The molecular weight excluding hydrogens is 709 g/mol. The van der Waals surface area contributed by atoms with Crippen molar-refractivity contribution in [1.82, 2.24) is 0 Å². The minimum absolute atomic E-state index is 0.196. The van der Waals surface area contributed by atoms with Gasteiger partial charge in [-0.1, -0.05) is 74.5 Å². The highest BCUT2D eigenvalue weighted by atomic mass is 16.7. The predicted molar refractivity (Wildman–Crippen MR) is 210 cm³/mol. The van der Waals surface area contributed by atoms with Crippen LogP contribution in [-0.2, 0) is 15.9 Å². The van der Waals surface area contributed by atoms with Crippen molar-refractivity contribution < 1.29 is 38.1 Å². The third kappa shape index (κ3) is 5.92. The molecule has 1 spiro atoms. The number of nitrogens with zero attached hydrogens (tertiary/aromatic N) is 2. The van der Waals surface area contributed by atoms with E-state index in [0.29, 0.717) is 50.9 Å². The summed E-state index contributed by atoms with van der Waals surface area (Å²) in [6.07, 6.45) is -0.937. The third-order valence-corrected chi connectivity index (χ3v) is 10.4. The zero-order valence-corrected chi connectivity index (χ0v) is 31.0. The van der Waals surface area contributed by atoms with E-state index >= 15 is 0 Å². The molecule has 2 aliphatic heterocycles. The van der Waals surface area contributed by atoms with Gasteiger partial charge in [0.1, 0.15) is 23.0 Å². The summed E-state index contributed by atoms with van der Waals surface area (Å²) < 4.78 is 21.6. The molecule has 2 heterocycles. The SMILES string of the molecule is COc1ccc(N2C(=O)c3ccccc3C23c2ccccc2C(=O)N3c2ccc(OC(=O)Oc3ccc(C(C)(C)c4ccc(OC(C)=O)cc4)cc3)cc2)cc1. The number of anilines is 2. The van der Waals surface area contributed by atoms with Crippen molar-refractivity contribution >= 4 is 35.3 Å². The molecule has 1 unspecified atom stereocenters. The first-order chi connectivity index (χ1) is 27.0. The van der Waals surface area contributed by atoms with Crippen molar-refractivity contribution in [2.45, 2.75) is 31.8 Å². The number of fused-ring (bicyclic) bond motifs is 4. The van der Waals surface area contributed by atoms with Gasteiger partial charge in [0.05, 0.1) is 7.11 Å². The minimum Gasteiger partial charge on any atom is -0.497 e. The molecule has 0 fully saturated rings. The van der Waals surface area contributed by atoms with E-state index < -0.39 is 17.2 Å². The van der Waals surface area contributed by atoms with Gasteiger partial charge >= 0.3 is 12.1 Å². The van der Waals surface area contributed by atoms with E-state index in [1.165, 1.54) is 6.92 Å². The molecule has 2 amide bonds. The lowest BCUT2D eigenvalue weighted by Crippen LogP contribution is -2.56. The molecule has 0 bridgehead atoms. The normalized spacial score (nSPS) is 15.7. The quantitative estimate of drug-likeness (QED) is 0.0863. The molecule has 6 aromatic carbocycles. The van der Waals surface area contributed by atoms with E-state index in [9.17, 15) is 19.2 Å². The van der Waals surface area contributed by atoms with Crippen LogP contribution in [0.25, 0.3) is 0 Å². The monoisotopic (exact) mass is 744 g/mol. The van der Waals surface area contributed by atoms with Crippen LogP contribution in [0.5, 0.6) is 23.0 Å². The summed E-state index contributed by atoms with van der Waals surface area (Å²) in [4.78, 5) is 56.4. The summed E-state index contributed by atoms with van der Waals surface area (Å²) >= 11 is 0. The Morgan fingerprint density at radius 3 is 1.30 bits per heavy atom. The molecule has 10 nitrogen and oxygen atoms in total. The maximum Gasteiger partial charge on any atom is 0.519 e. The van der Waals surface area contributed by atoms with Gasteiger partial charge in [-0.15, -0.1) is 0 Å². The third-order valence-electron chi connectivity index (χ3n) is 10.4. The molecule has 8 rings (SSSR count). The van der Waals surface area contributed by atoms with Gasteiger partial charge < -0.3 is 18.9 Å². The Morgan fingerprint density at radius 1 is 0.518 bits per heavy atom. The Morgan fingerprint density at radius 2 is 0.893 bits per heavy atom. The minimum atomic E-state index is -1.36. The highest BCUT2D eigenvalue weighted by Gasteiger charge is 2.62. The molecule has 0 radical (unpaired) electrons.